The van der Waals surface area contributed by atoms with Gasteiger partial charge in [-0.3, -0.25) is 9.36 Å². The number of nitrogen functional groups attached to an aromatic ring is 1. The number of fused-ring (bicyclic) bond motifs is 1. The molecule has 1 amide bonds. The molecule has 0 saturated carbocycles. The summed E-state index contributed by atoms with van der Waals surface area (Å²) in [5.74, 6) is -1.69. The fourth-order valence-electron chi connectivity index (χ4n) is 5.01. The van der Waals surface area contributed by atoms with E-state index in [9.17, 15) is 22.4 Å². The van der Waals surface area contributed by atoms with Gasteiger partial charge in [0.15, 0.2) is 0 Å². The first kappa shape index (κ1) is 30.4. The number of carbonyl (C=O) groups excluding carboxylic acids is 1. The number of alkyl halides is 3. The van der Waals surface area contributed by atoms with Crippen LogP contribution >= 0.6 is 11.9 Å². The third-order valence-corrected chi connectivity index (χ3v) is 7.79. The van der Waals surface area contributed by atoms with Crippen molar-refractivity contribution in [1.82, 2.24) is 29.4 Å². The quantitative estimate of drug-likeness (QED) is 0.188. The summed E-state index contributed by atoms with van der Waals surface area (Å²) in [6.07, 6.45) is 2.04. The van der Waals surface area contributed by atoms with E-state index >= 15 is 0 Å². The number of amides is 1. The molecule has 15 heteroatoms. The summed E-state index contributed by atoms with van der Waals surface area (Å²) in [5, 5.41) is 9.71. The van der Waals surface area contributed by atoms with Crippen LogP contribution in [0, 0.1) is 5.82 Å². The van der Waals surface area contributed by atoms with Gasteiger partial charge in [0.1, 0.15) is 28.7 Å². The number of anilines is 2. The number of hydrogen-bond donors (Lipinski definition) is 2. The molecule has 10 nitrogen and oxygen atoms in total. The molecule has 0 radical (unpaired) electrons. The Kier molecular flexibility index (Phi) is 8.20. The highest BCUT2D eigenvalue weighted by Gasteiger charge is 2.29. The first-order valence-corrected chi connectivity index (χ1v) is 14.6. The molecule has 0 atom stereocenters. The van der Waals surface area contributed by atoms with E-state index in [0.29, 0.717) is 47.2 Å². The van der Waals surface area contributed by atoms with Crippen LogP contribution in [-0.2, 0) is 11.8 Å². The molecule has 5 rings (SSSR count). The second kappa shape index (κ2) is 11.6. The Hall–Kier alpha value is -4.01. The van der Waals surface area contributed by atoms with Crippen LogP contribution < -0.4 is 10.5 Å². The van der Waals surface area contributed by atoms with Crippen LogP contribution in [0.4, 0.5) is 33.9 Å². The number of nitrogens with one attached hydrogen (secondary N) is 1. The average molecular weight is 621 g/mol. The number of likely N-dealkylation sites (tertiary alicyclic amines) is 1. The molecule has 1 aliphatic rings. The maximum absolute atomic E-state index is 14.8. The van der Waals surface area contributed by atoms with Gasteiger partial charge in [0.05, 0.1) is 28.8 Å². The van der Waals surface area contributed by atoms with E-state index in [0.717, 1.165) is 24.0 Å². The zero-order valence-corrected chi connectivity index (χ0v) is 24.9. The van der Waals surface area contributed by atoms with Crippen molar-refractivity contribution in [2.75, 3.05) is 29.3 Å². The molecule has 1 saturated heterocycles. The summed E-state index contributed by atoms with van der Waals surface area (Å²) >= 11 is 0.357. The van der Waals surface area contributed by atoms with Gasteiger partial charge < -0.3 is 20.1 Å². The molecule has 1 aromatic carbocycles. The fraction of sp³-hybridized carbons (Fsp3) is 0.429. The van der Waals surface area contributed by atoms with Crippen LogP contribution in [0.25, 0.3) is 33.3 Å². The number of benzene rings is 1. The Balaban J connectivity index is 1.37. The Labute approximate surface area is 249 Å². The van der Waals surface area contributed by atoms with Gasteiger partial charge in [-0.05, 0) is 57.7 Å². The second-order valence-electron chi connectivity index (χ2n) is 11.4. The van der Waals surface area contributed by atoms with E-state index in [1.54, 1.807) is 35.1 Å². The molecular formula is C28H32F4N8O2S. The van der Waals surface area contributed by atoms with E-state index in [-0.39, 0.29) is 23.6 Å². The minimum absolute atomic E-state index is 0.0747. The zero-order chi connectivity index (χ0) is 31.1. The van der Waals surface area contributed by atoms with Crippen molar-refractivity contribution in [3.63, 3.8) is 0 Å². The van der Waals surface area contributed by atoms with E-state index in [4.69, 9.17) is 10.5 Å². The predicted molar refractivity (Wildman–Crippen MR) is 158 cm³/mol. The predicted octanol–water partition coefficient (Wildman–Crippen LogP) is 6.41. The smallest absolute Gasteiger partial charge is 0.410 e. The number of ether oxygens (including phenoxy) is 1. The van der Waals surface area contributed by atoms with Crippen molar-refractivity contribution in [1.29, 1.82) is 0 Å². The third kappa shape index (κ3) is 6.81. The van der Waals surface area contributed by atoms with Gasteiger partial charge in [-0.15, -0.1) is 0 Å². The molecule has 0 unspecified atom stereocenters. The van der Waals surface area contributed by atoms with Crippen molar-refractivity contribution >= 4 is 40.4 Å². The van der Waals surface area contributed by atoms with Crippen LogP contribution in [0.15, 0.2) is 36.8 Å². The third-order valence-electron chi connectivity index (χ3n) is 6.95. The van der Waals surface area contributed by atoms with E-state index in [2.05, 4.69) is 19.9 Å². The van der Waals surface area contributed by atoms with Crippen LogP contribution in [-0.4, -0.2) is 66.2 Å². The Morgan fingerprint density at radius 1 is 1.16 bits per heavy atom. The Morgan fingerprint density at radius 2 is 1.88 bits per heavy atom. The summed E-state index contributed by atoms with van der Waals surface area (Å²) in [7, 11) is 1.74. The normalized spacial score (nSPS) is 14.8. The number of rotatable bonds is 6. The molecule has 43 heavy (non-hydrogen) atoms. The van der Waals surface area contributed by atoms with Gasteiger partial charge in [0.25, 0.3) is 0 Å². The van der Waals surface area contributed by atoms with Crippen molar-refractivity contribution < 1.29 is 27.1 Å². The van der Waals surface area contributed by atoms with Crippen molar-refractivity contribution in [2.24, 2.45) is 7.05 Å². The van der Waals surface area contributed by atoms with Crippen molar-refractivity contribution in [2.45, 2.75) is 51.4 Å². The molecule has 0 aliphatic carbocycles. The number of nitrogens with two attached hydrogens (primary N) is 1. The lowest BCUT2D eigenvalue weighted by molar-refractivity contribution is -0.105. The van der Waals surface area contributed by atoms with Gasteiger partial charge >= 0.3 is 12.3 Å². The van der Waals surface area contributed by atoms with E-state index < -0.39 is 23.3 Å². The SMILES string of the molecule is Cn1nc(-c2ccc(NSCC(F)(F)F)c(F)c2)c2c(N)ncc(-c3cnn(C4CCN(C(=O)OC(C)(C)C)CC4)c3)c21. The topological polar surface area (TPSA) is 116 Å². The van der Waals surface area contributed by atoms with Gasteiger partial charge in [-0.25, -0.2) is 14.2 Å². The summed E-state index contributed by atoms with van der Waals surface area (Å²) in [6, 6.07) is 4.22. The minimum atomic E-state index is -4.38. The first-order valence-electron chi connectivity index (χ1n) is 13.6. The fourth-order valence-corrected chi connectivity index (χ4v) is 5.56. The van der Waals surface area contributed by atoms with Gasteiger partial charge in [-0.1, -0.05) is 6.07 Å². The number of nitrogens with zero attached hydrogens (tertiary/aromatic N) is 6. The summed E-state index contributed by atoms with van der Waals surface area (Å²) in [5.41, 5.74) is 8.62. The number of carbonyl (C=O) groups is 1. The van der Waals surface area contributed by atoms with Crippen LogP contribution in [0.3, 0.4) is 0 Å². The highest BCUT2D eigenvalue weighted by molar-refractivity contribution is 8.00. The average Bonchev–Trinajstić information content (AvgIpc) is 3.54. The highest BCUT2D eigenvalue weighted by Crippen LogP contribution is 2.38. The van der Waals surface area contributed by atoms with Crippen LogP contribution in [0.2, 0.25) is 0 Å². The van der Waals surface area contributed by atoms with Gasteiger partial charge in [-0.2, -0.15) is 23.4 Å². The highest BCUT2D eigenvalue weighted by atomic mass is 32.2. The standard InChI is InChI=1S/C28H32F4N8O2S/c1-27(2,3)42-26(41)39-9-7-18(8-10-39)40-14-17(12-35-40)19-13-34-25(33)22-23(36-38(4)24(19)22)16-5-6-21(20(29)11-16)37-43-15-28(30,31)32/h5-6,11-14,18,37H,7-10,15H2,1-4H3,(H2,33,34). The summed E-state index contributed by atoms with van der Waals surface area (Å²) in [6.45, 7) is 6.63. The molecule has 3 N–H and O–H groups in total. The summed E-state index contributed by atoms with van der Waals surface area (Å²) in [4.78, 5) is 18.5. The van der Waals surface area contributed by atoms with Crippen LogP contribution in [0.1, 0.15) is 39.7 Å². The monoisotopic (exact) mass is 620 g/mol. The molecule has 0 bridgehead atoms. The molecular weight excluding hydrogens is 588 g/mol. The number of pyridine rings is 1. The number of aromatic nitrogens is 5. The number of aryl methyl sites for hydroxylation is 1. The maximum atomic E-state index is 14.8. The Bertz CT molecular complexity index is 1640. The molecule has 230 valence electrons. The molecule has 3 aromatic heterocycles. The Morgan fingerprint density at radius 3 is 2.53 bits per heavy atom. The second-order valence-corrected chi connectivity index (χ2v) is 12.1. The summed E-state index contributed by atoms with van der Waals surface area (Å²) < 4.78 is 63.7. The van der Waals surface area contributed by atoms with Crippen molar-refractivity contribution in [3.05, 3.63) is 42.6 Å². The van der Waals surface area contributed by atoms with E-state index in [1.165, 1.54) is 12.1 Å². The number of piperidine rings is 1. The largest absolute Gasteiger partial charge is 0.444 e. The molecule has 4 heterocycles. The lowest BCUT2D eigenvalue weighted by Crippen LogP contribution is -2.42. The van der Waals surface area contributed by atoms with Gasteiger partial charge in [0.2, 0.25) is 0 Å². The zero-order valence-electron chi connectivity index (χ0n) is 24.1. The van der Waals surface area contributed by atoms with Crippen LogP contribution in [0.5, 0.6) is 0 Å². The first-order chi connectivity index (χ1) is 20.2. The number of halogens is 4. The molecule has 1 aliphatic heterocycles. The lowest BCUT2D eigenvalue weighted by Gasteiger charge is -2.33. The van der Waals surface area contributed by atoms with E-state index in [1.807, 2.05) is 31.6 Å². The lowest BCUT2D eigenvalue weighted by atomic mass is 10.0. The van der Waals surface area contributed by atoms with Crippen molar-refractivity contribution in [3.8, 4) is 22.4 Å². The van der Waals surface area contributed by atoms with Gasteiger partial charge in [0, 0.05) is 49.2 Å². The number of hydrogen-bond acceptors (Lipinski definition) is 8. The molecule has 4 aromatic rings. The maximum Gasteiger partial charge on any atom is 0.410 e. The minimum Gasteiger partial charge on any atom is -0.444 e. The molecule has 0 spiro atoms. The molecule has 1 fully saturated rings.